The van der Waals surface area contributed by atoms with E-state index in [1.54, 1.807) is 0 Å². The van der Waals surface area contributed by atoms with Crippen LogP contribution in [0.4, 0.5) is 5.82 Å². The molecule has 0 bridgehead atoms. The number of hydrogen-bond acceptors (Lipinski definition) is 4. The van der Waals surface area contributed by atoms with Crippen molar-refractivity contribution in [3.63, 3.8) is 0 Å². The lowest BCUT2D eigenvalue weighted by molar-refractivity contribution is 0.761. The summed E-state index contributed by atoms with van der Waals surface area (Å²) < 4.78 is 0.984. The predicted molar refractivity (Wildman–Crippen MR) is 59.2 cm³/mol. The van der Waals surface area contributed by atoms with Crippen LogP contribution in [-0.4, -0.2) is 23.1 Å². The van der Waals surface area contributed by atoms with E-state index in [-0.39, 0.29) is 0 Å². The fourth-order valence-electron chi connectivity index (χ4n) is 1.57. The lowest BCUT2D eigenvalue weighted by Crippen LogP contribution is -2.32. The van der Waals surface area contributed by atoms with Crippen molar-refractivity contribution in [1.82, 2.24) is 15.4 Å². The van der Waals surface area contributed by atoms with E-state index in [2.05, 4.69) is 36.3 Å². The summed E-state index contributed by atoms with van der Waals surface area (Å²) in [6, 6.07) is 0. The zero-order valence-electron chi connectivity index (χ0n) is 8.34. The number of aryl methyl sites for hydroxylation is 2. The van der Waals surface area contributed by atoms with Crippen molar-refractivity contribution in [2.24, 2.45) is 0 Å². The van der Waals surface area contributed by atoms with E-state index in [0.29, 0.717) is 0 Å². The molecule has 2 heterocycles. The quantitative estimate of drug-likeness (QED) is 0.829. The highest BCUT2D eigenvalue weighted by atomic mass is 79.9. The van der Waals surface area contributed by atoms with Gasteiger partial charge in [0.05, 0.1) is 10.2 Å². The number of rotatable bonds is 1. The highest BCUT2D eigenvalue weighted by Crippen LogP contribution is 2.26. The Morgan fingerprint density at radius 2 is 2.14 bits per heavy atom. The Kier molecular flexibility index (Phi) is 2.69. The van der Waals surface area contributed by atoms with Gasteiger partial charge < -0.3 is 0 Å². The van der Waals surface area contributed by atoms with Crippen molar-refractivity contribution >= 4 is 21.7 Å². The van der Waals surface area contributed by atoms with Crippen LogP contribution in [0.3, 0.4) is 0 Å². The van der Waals surface area contributed by atoms with E-state index in [0.717, 1.165) is 41.3 Å². The monoisotopic (exact) mass is 256 g/mol. The van der Waals surface area contributed by atoms with Crippen LogP contribution >= 0.6 is 15.9 Å². The Morgan fingerprint density at radius 1 is 1.36 bits per heavy atom. The fraction of sp³-hybridized carbons (Fsp3) is 0.556. The Morgan fingerprint density at radius 3 is 2.79 bits per heavy atom. The molecule has 1 aromatic heterocycles. The molecule has 76 valence electrons. The molecule has 0 saturated carbocycles. The molecule has 1 N–H and O–H groups in total. The smallest absolute Gasteiger partial charge is 0.161 e. The molecular weight excluding hydrogens is 244 g/mol. The predicted octanol–water partition coefficient (Wildman–Crippen LogP) is 1.57. The largest absolute Gasteiger partial charge is 0.291 e. The maximum Gasteiger partial charge on any atom is 0.161 e. The van der Waals surface area contributed by atoms with Crippen LogP contribution in [0, 0.1) is 13.8 Å². The van der Waals surface area contributed by atoms with Crippen LogP contribution in [0.15, 0.2) is 4.47 Å². The van der Waals surface area contributed by atoms with Crippen molar-refractivity contribution in [2.75, 3.05) is 18.1 Å². The molecule has 14 heavy (non-hydrogen) atoms. The SMILES string of the molecule is Cc1nc(C)c(Br)c(N2CCCN2)n1. The number of hydrazine groups is 1. The number of nitrogens with zero attached hydrogens (tertiary/aromatic N) is 3. The standard InChI is InChI=1S/C9H13BrN4/c1-6-8(10)9(13-7(2)12-6)14-5-3-4-11-14/h11H,3-5H2,1-2H3. The van der Waals surface area contributed by atoms with E-state index in [9.17, 15) is 0 Å². The van der Waals surface area contributed by atoms with Crippen molar-refractivity contribution in [3.05, 3.63) is 16.0 Å². The molecule has 0 radical (unpaired) electrons. The molecule has 1 aliphatic heterocycles. The first kappa shape index (κ1) is 9.86. The summed E-state index contributed by atoms with van der Waals surface area (Å²) in [7, 11) is 0. The molecule has 1 aliphatic rings. The summed E-state index contributed by atoms with van der Waals surface area (Å²) in [6.07, 6.45) is 1.16. The lowest BCUT2D eigenvalue weighted by atomic mass is 10.4. The highest BCUT2D eigenvalue weighted by Gasteiger charge is 2.17. The van der Waals surface area contributed by atoms with E-state index in [4.69, 9.17) is 0 Å². The second kappa shape index (κ2) is 3.82. The van der Waals surface area contributed by atoms with Gasteiger partial charge in [0, 0.05) is 13.1 Å². The van der Waals surface area contributed by atoms with Crippen LogP contribution in [0.25, 0.3) is 0 Å². The van der Waals surface area contributed by atoms with E-state index >= 15 is 0 Å². The molecule has 1 aromatic rings. The Labute approximate surface area is 91.8 Å². The van der Waals surface area contributed by atoms with Crippen molar-refractivity contribution < 1.29 is 0 Å². The minimum atomic E-state index is 0.814. The van der Waals surface area contributed by atoms with Gasteiger partial charge in [-0.2, -0.15) is 0 Å². The molecule has 0 unspecified atom stereocenters. The number of halogens is 1. The third kappa shape index (κ3) is 1.74. The van der Waals surface area contributed by atoms with Gasteiger partial charge in [0.25, 0.3) is 0 Å². The van der Waals surface area contributed by atoms with Crippen LogP contribution in [0.1, 0.15) is 17.9 Å². The maximum atomic E-state index is 4.42. The second-order valence-corrected chi connectivity index (χ2v) is 4.20. The zero-order valence-corrected chi connectivity index (χ0v) is 9.93. The molecule has 1 saturated heterocycles. The summed E-state index contributed by atoms with van der Waals surface area (Å²) in [5, 5.41) is 2.08. The number of hydrogen-bond donors (Lipinski definition) is 1. The van der Waals surface area contributed by atoms with Gasteiger partial charge in [0.15, 0.2) is 5.82 Å². The Bertz CT molecular complexity index is 347. The molecule has 0 atom stereocenters. The molecule has 0 aliphatic carbocycles. The third-order valence-corrected chi connectivity index (χ3v) is 3.16. The molecule has 5 heteroatoms. The third-order valence-electron chi connectivity index (χ3n) is 2.23. The average Bonchev–Trinajstić information content (AvgIpc) is 2.63. The van der Waals surface area contributed by atoms with Crippen LogP contribution in [-0.2, 0) is 0 Å². The summed E-state index contributed by atoms with van der Waals surface area (Å²) in [5.74, 6) is 1.77. The highest BCUT2D eigenvalue weighted by molar-refractivity contribution is 9.10. The van der Waals surface area contributed by atoms with Gasteiger partial charge >= 0.3 is 0 Å². The molecule has 4 nitrogen and oxygen atoms in total. The second-order valence-electron chi connectivity index (χ2n) is 3.41. The molecule has 0 spiro atoms. The Hall–Kier alpha value is -0.680. The fourth-order valence-corrected chi connectivity index (χ4v) is 1.96. The van der Waals surface area contributed by atoms with Gasteiger partial charge in [-0.3, -0.25) is 5.01 Å². The molecule has 1 fully saturated rings. The minimum Gasteiger partial charge on any atom is -0.291 e. The van der Waals surface area contributed by atoms with Crippen LogP contribution in [0.5, 0.6) is 0 Å². The van der Waals surface area contributed by atoms with Gasteiger partial charge in [-0.15, -0.1) is 0 Å². The normalized spacial score (nSPS) is 16.4. The number of aromatic nitrogens is 2. The summed E-state index contributed by atoms with van der Waals surface area (Å²) in [5.41, 5.74) is 4.27. The van der Waals surface area contributed by atoms with Crippen molar-refractivity contribution in [1.29, 1.82) is 0 Å². The van der Waals surface area contributed by atoms with Gasteiger partial charge in [-0.05, 0) is 36.2 Å². The van der Waals surface area contributed by atoms with Crippen molar-refractivity contribution in [3.8, 4) is 0 Å². The van der Waals surface area contributed by atoms with E-state index in [1.807, 2.05) is 13.8 Å². The van der Waals surface area contributed by atoms with Gasteiger partial charge in [0.2, 0.25) is 0 Å². The number of nitrogens with one attached hydrogen (secondary N) is 1. The van der Waals surface area contributed by atoms with Gasteiger partial charge in [-0.25, -0.2) is 15.4 Å². The maximum absolute atomic E-state index is 4.42. The minimum absolute atomic E-state index is 0.814. The van der Waals surface area contributed by atoms with Gasteiger partial charge in [0.1, 0.15) is 5.82 Å². The Balaban J connectivity index is 2.40. The topological polar surface area (TPSA) is 41.1 Å². The summed E-state index contributed by atoms with van der Waals surface area (Å²) in [6.45, 7) is 5.93. The van der Waals surface area contributed by atoms with Crippen molar-refractivity contribution in [2.45, 2.75) is 20.3 Å². The molecule has 0 amide bonds. The first-order chi connectivity index (χ1) is 6.68. The molecular formula is C9H13BrN4. The zero-order chi connectivity index (χ0) is 10.1. The molecule has 0 aromatic carbocycles. The summed E-state index contributed by atoms with van der Waals surface area (Å²) >= 11 is 3.52. The average molecular weight is 257 g/mol. The lowest BCUT2D eigenvalue weighted by Gasteiger charge is -2.19. The van der Waals surface area contributed by atoms with Gasteiger partial charge in [-0.1, -0.05) is 0 Å². The van der Waals surface area contributed by atoms with E-state index in [1.165, 1.54) is 0 Å². The first-order valence-corrected chi connectivity index (χ1v) is 5.49. The first-order valence-electron chi connectivity index (χ1n) is 4.70. The van der Waals surface area contributed by atoms with E-state index < -0.39 is 0 Å². The summed E-state index contributed by atoms with van der Waals surface area (Å²) in [4.78, 5) is 8.71. The number of anilines is 1. The van der Waals surface area contributed by atoms with Crippen LogP contribution in [0.2, 0.25) is 0 Å². The molecule has 2 rings (SSSR count). The van der Waals surface area contributed by atoms with Crippen LogP contribution < -0.4 is 10.4 Å².